The number of hydrogen-bond donors (Lipinski definition) is 0. The molecule has 6 heteroatoms. The molecule has 0 saturated heterocycles. The minimum atomic E-state index is -0.646. The molecule has 2 aromatic heterocycles. The van der Waals surface area contributed by atoms with Crippen LogP contribution in [-0.4, -0.2) is 15.0 Å². The van der Waals surface area contributed by atoms with Crippen molar-refractivity contribution in [2.45, 2.75) is 0 Å². The van der Waals surface area contributed by atoms with Crippen molar-refractivity contribution in [3.63, 3.8) is 0 Å². The van der Waals surface area contributed by atoms with Gasteiger partial charge in [-0.15, -0.1) is 5.10 Å². The maximum absolute atomic E-state index is 13.6. The molecule has 0 unspecified atom stereocenters. The second-order valence-electron chi connectivity index (χ2n) is 3.65. The molecule has 3 aromatic rings. The van der Waals surface area contributed by atoms with Crippen molar-refractivity contribution < 1.29 is 8.78 Å². The Hall–Kier alpha value is -2.08. The highest BCUT2D eigenvalue weighted by molar-refractivity contribution is 7.08. The molecule has 18 heavy (non-hydrogen) atoms. The highest BCUT2D eigenvalue weighted by Crippen LogP contribution is 2.22. The van der Waals surface area contributed by atoms with Crippen molar-refractivity contribution in [3.05, 3.63) is 52.9 Å². The summed E-state index contributed by atoms with van der Waals surface area (Å²) >= 11 is 1.53. The van der Waals surface area contributed by atoms with Crippen LogP contribution in [0.15, 0.2) is 41.2 Å². The summed E-state index contributed by atoms with van der Waals surface area (Å²) in [5.41, 5.74) is 1.47. The van der Waals surface area contributed by atoms with Crippen molar-refractivity contribution in [1.29, 1.82) is 0 Å². The molecule has 0 spiro atoms. The number of aromatic nitrogens is 3. The Bertz CT molecular complexity index is 676. The second-order valence-corrected chi connectivity index (χ2v) is 4.43. The van der Waals surface area contributed by atoms with Crippen LogP contribution in [0.3, 0.4) is 0 Å². The van der Waals surface area contributed by atoms with Gasteiger partial charge in [0.2, 0.25) is 0 Å². The van der Waals surface area contributed by atoms with Crippen LogP contribution in [0, 0.1) is 11.6 Å². The Kier molecular flexibility index (Phi) is 2.64. The third-order valence-corrected chi connectivity index (χ3v) is 3.14. The van der Waals surface area contributed by atoms with E-state index < -0.39 is 11.6 Å². The Morgan fingerprint density at radius 2 is 2.06 bits per heavy atom. The number of thiophene rings is 1. The molecular formula is C12H7F2N3S. The van der Waals surface area contributed by atoms with Gasteiger partial charge in [0.1, 0.15) is 17.3 Å². The molecule has 0 aliphatic heterocycles. The lowest BCUT2D eigenvalue weighted by atomic mass is 10.1. The molecule has 90 valence electrons. The van der Waals surface area contributed by atoms with Crippen LogP contribution in [0.25, 0.3) is 16.9 Å². The fourth-order valence-electron chi connectivity index (χ4n) is 1.60. The molecule has 3 rings (SSSR count). The molecule has 0 radical (unpaired) electrons. The van der Waals surface area contributed by atoms with Crippen molar-refractivity contribution in [1.82, 2.24) is 15.0 Å². The first-order valence-corrected chi connectivity index (χ1v) is 6.08. The van der Waals surface area contributed by atoms with E-state index in [1.165, 1.54) is 23.5 Å². The molecule has 2 heterocycles. The fraction of sp³-hybridized carbons (Fsp3) is 0. The molecule has 0 atom stereocenters. The van der Waals surface area contributed by atoms with E-state index in [1.807, 2.05) is 16.8 Å². The van der Waals surface area contributed by atoms with Crippen LogP contribution < -0.4 is 0 Å². The average molecular weight is 263 g/mol. The van der Waals surface area contributed by atoms with Crippen molar-refractivity contribution in [2.75, 3.05) is 0 Å². The number of benzene rings is 1. The summed E-state index contributed by atoms with van der Waals surface area (Å²) in [5.74, 6) is -1.26. The van der Waals surface area contributed by atoms with Gasteiger partial charge in [0, 0.05) is 17.0 Å². The summed E-state index contributed by atoms with van der Waals surface area (Å²) in [6.45, 7) is 0. The van der Waals surface area contributed by atoms with Crippen molar-refractivity contribution in [3.8, 4) is 16.9 Å². The van der Waals surface area contributed by atoms with E-state index >= 15 is 0 Å². The van der Waals surface area contributed by atoms with Crippen molar-refractivity contribution in [2.24, 2.45) is 0 Å². The zero-order chi connectivity index (χ0) is 12.5. The van der Waals surface area contributed by atoms with E-state index in [-0.39, 0.29) is 5.56 Å². The van der Waals surface area contributed by atoms with Crippen LogP contribution in [0.4, 0.5) is 8.78 Å². The van der Waals surface area contributed by atoms with Gasteiger partial charge in [0.15, 0.2) is 0 Å². The largest absolute Gasteiger partial charge is 0.219 e. The van der Waals surface area contributed by atoms with Gasteiger partial charge in [-0.1, -0.05) is 5.21 Å². The molecule has 0 bridgehead atoms. The minimum absolute atomic E-state index is 0.234. The molecule has 0 fully saturated rings. The quantitative estimate of drug-likeness (QED) is 0.710. The lowest BCUT2D eigenvalue weighted by Gasteiger charge is -1.97. The second kappa shape index (κ2) is 4.30. The van der Waals surface area contributed by atoms with Gasteiger partial charge in [-0.25, -0.2) is 13.5 Å². The van der Waals surface area contributed by atoms with Crippen molar-refractivity contribution >= 4 is 11.3 Å². The fourth-order valence-corrected chi connectivity index (χ4v) is 2.22. The SMILES string of the molecule is Fc1ccc(-c2cn(-c3ccsc3)nn2)c(F)c1. The zero-order valence-electron chi connectivity index (χ0n) is 9.05. The van der Waals surface area contributed by atoms with E-state index in [2.05, 4.69) is 10.3 Å². The third kappa shape index (κ3) is 1.91. The van der Waals surface area contributed by atoms with Crippen LogP contribution in [0.1, 0.15) is 0 Å². The highest BCUT2D eigenvalue weighted by atomic mass is 32.1. The van der Waals surface area contributed by atoms with E-state index in [0.717, 1.165) is 11.8 Å². The summed E-state index contributed by atoms with van der Waals surface area (Å²) in [4.78, 5) is 0. The summed E-state index contributed by atoms with van der Waals surface area (Å²) in [5, 5.41) is 11.6. The van der Waals surface area contributed by atoms with Crippen LogP contribution >= 0.6 is 11.3 Å². The Morgan fingerprint density at radius 3 is 2.78 bits per heavy atom. The maximum Gasteiger partial charge on any atom is 0.135 e. The predicted octanol–water partition coefficient (Wildman–Crippen LogP) is 3.27. The third-order valence-electron chi connectivity index (χ3n) is 2.47. The molecule has 0 amide bonds. The van der Waals surface area contributed by atoms with Gasteiger partial charge in [-0.05, 0) is 23.6 Å². The monoisotopic (exact) mass is 263 g/mol. The molecule has 0 N–H and O–H groups in total. The lowest BCUT2D eigenvalue weighted by molar-refractivity contribution is 0.585. The first-order valence-electron chi connectivity index (χ1n) is 5.14. The summed E-state index contributed by atoms with van der Waals surface area (Å²) in [6, 6.07) is 5.26. The Labute approximate surface area is 105 Å². The van der Waals surface area contributed by atoms with E-state index in [9.17, 15) is 8.78 Å². The summed E-state index contributed by atoms with van der Waals surface area (Å²) in [6.07, 6.45) is 1.61. The zero-order valence-corrected chi connectivity index (χ0v) is 9.86. The standard InChI is InChI=1S/C12H7F2N3S/c13-8-1-2-10(11(14)5-8)12-6-17(16-15-12)9-3-4-18-7-9/h1-7H. The van der Waals surface area contributed by atoms with Crippen LogP contribution in [0.5, 0.6) is 0 Å². The summed E-state index contributed by atoms with van der Waals surface area (Å²) in [7, 11) is 0. The molecule has 0 aliphatic rings. The highest BCUT2D eigenvalue weighted by Gasteiger charge is 2.11. The molecule has 0 saturated carbocycles. The molecule has 1 aromatic carbocycles. The van der Waals surface area contributed by atoms with E-state index in [1.54, 1.807) is 10.9 Å². The average Bonchev–Trinajstić information content (AvgIpc) is 2.99. The lowest BCUT2D eigenvalue weighted by Crippen LogP contribution is -1.91. The number of hydrogen-bond acceptors (Lipinski definition) is 3. The Balaban J connectivity index is 2.03. The topological polar surface area (TPSA) is 30.7 Å². The smallest absolute Gasteiger partial charge is 0.135 e. The normalized spacial score (nSPS) is 10.8. The van der Waals surface area contributed by atoms with Gasteiger partial charge >= 0.3 is 0 Å². The van der Waals surface area contributed by atoms with Gasteiger partial charge in [0.05, 0.1) is 11.9 Å². The minimum Gasteiger partial charge on any atom is -0.219 e. The van der Waals surface area contributed by atoms with Gasteiger partial charge in [0.25, 0.3) is 0 Å². The van der Waals surface area contributed by atoms with Crippen LogP contribution in [0.2, 0.25) is 0 Å². The summed E-state index contributed by atoms with van der Waals surface area (Å²) < 4.78 is 27.9. The molecule has 0 aliphatic carbocycles. The van der Waals surface area contributed by atoms with Crippen LogP contribution in [-0.2, 0) is 0 Å². The molecule has 3 nitrogen and oxygen atoms in total. The maximum atomic E-state index is 13.6. The number of rotatable bonds is 2. The van der Waals surface area contributed by atoms with Gasteiger partial charge in [-0.3, -0.25) is 0 Å². The number of nitrogens with zero attached hydrogens (tertiary/aromatic N) is 3. The number of halogens is 2. The Morgan fingerprint density at radius 1 is 1.17 bits per heavy atom. The first-order chi connectivity index (χ1) is 8.74. The van der Waals surface area contributed by atoms with E-state index in [4.69, 9.17) is 0 Å². The van der Waals surface area contributed by atoms with Gasteiger partial charge < -0.3 is 0 Å². The first kappa shape index (κ1) is 11.0. The predicted molar refractivity (Wildman–Crippen MR) is 64.6 cm³/mol. The van der Waals surface area contributed by atoms with E-state index in [0.29, 0.717) is 5.69 Å². The molecular weight excluding hydrogens is 256 g/mol. The van der Waals surface area contributed by atoms with Gasteiger partial charge in [-0.2, -0.15) is 11.3 Å².